The Bertz CT molecular complexity index is 1390. The lowest BCUT2D eigenvalue weighted by Crippen LogP contribution is -2.27. The number of fused-ring (bicyclic) bond motifs is 2. The van der Waals surface area contributed by atoms with E-state index in [-0.39, 0.29) is 11.9 Å². The van der Waals surface area contributed by atoms with Crippen LogP contribution in [0.2, 0.25) is 0 Å². The number of nitrogens with one attached hydrogen (secondary N) is 2. The van der Waals surface area contributed by atoms with Crippen molar-refractivity contribution in [3.8, 4) is 22.4 Å². The molecule has 4 nitrogen and oxygen atoms in total. The summed E-state index contributed by atoms with van der Waals surface area (Å²) in [6.45, 7) is 7.29. The van der Waals surface area contributed by atoms with Crippen LogP contribution < -0.4 is 5.32 Å². The highest BCUT2D eigenvalue weighted by Crippen LogP contribution is 2.36. The Morgan fingerprint density at radius 3 is 2.69 bits per heavy atom. The third-order valence-corrected chi connectivity index (χ3v) is 7.90. The molecule has 1 aromatic heterocycles. The number of rotatable bonds is 3. The molecule has 0 saturated carbocycles. The van der Waals surface area contributed by atoms with Crippen LogP contribution in [0, 0.1) is 19.7 Å². The molecule has 2 N–H and O–H groups in total. The summed E-state index contributed by atoms with van der Waals surface area (Å²) in [5.41, 5.74) is 10.8. The number of piperidine rings is 1. The fraction of sp³-hybridized carbons (Fsp3) is 0.367. The molecule has 1 fully saturated rings. The molecule has 1 unspecified atom stereocenters. The molecule has 0 aliphatic carbocycles. The average Bonchev–Trinajstić information content (AvgIpc) is 3.27. The largest absolute Gasteiger partial charge is 0.310 e. The van der Waals surface area contributed by atoms with E-state index in [2.05, 4.69) is 58.7 Å². The van der Waals surface area contributed by atoms with E-state index in [0.717, 1.165) is 71.3 Å². The van der Waals surface area contributed by atoms with Gasteiger partial charge in [0.15, 0.2) is 0 Å². The third kappa shape index (κ3) is 4.07. The van der Waals surface area contributed by atoms with Gasteiger partial charge in [-0.25, -0.2) is 4.39 Å². The second-order valence-electron chi connectivity index (χ2n) is 10.4. The van der Waals surface area contributed by atoms with Crippen molar-refractivity contribution in [3.05, 3.63) is 76.1 Å². The van der Waals surface area contributed by atoms with Crippen molar-refractivity contribution in [1.82, 2.24) is 20.4 Å². The van der Waals surface area contributed by atoms with Crippen molar-refractivity contribution in [2.45, 2.75) is 52.1 Å². The van der Waals surface area contributed by atoms with Gasteiger partial charge >= 0.3 is 0 Å². The first-order valence-corrected chi connectivity index (χ1v) is 12.8. The molecular formula is C30H33FN4. The minimum absolute atomic E-state index is 0.149. The van der Waals surface area contributed by atoms with E-state index in [1.165, 1.54) is 29.5 Å². The van der Waals surface area contributed by atoms with Gasteiger partial charge in [-0.3, -0.25) is 5.10 Å². The minimum Gasteiger partial charge on any atom is -0.310 e. The van der Waals surface area contributed by atoms with Crippen LogP contribution in [0.4, 0.5) is 4.39 Å². The number of H-pyrrole nitrogens is 1. The SMILES string of the molecule is Cc1cc(-c2n[nH]c3ccc(-c4c(C)cc(C5CCCCN5)cc4F)cc23)cc2c1CCN(C)C2. The summed E-state index contributed by atoms with van der Waals surface area (Å²) in [5, 5.41) is 12.5. The number of likely N-dealkylation sites (N-methyl/N-ethyl adjacent to an activating group) is 1. The summed E-state index contributed by atoms with van der Waals surface area (Å²) < 4.78 is 15.5. The van der Waals surface area contributed by atoms with Crippen LogP contribution >= 0.6 is 0 Å². The zero-order valence-electron chi connectivity index (χ0n) is 20.8. The lowest BCUT2D eigenvalue weighted by Gasteiger charge is -2.26. The number of benzene rings is 3. The fourth-order valence-electron chi connectivity index (χ4n) is 6.06. The van der Waals surface area contributed by atoms with Crippen LogP contribution in [0.3, 0.4) is 0 Å². The molecule has 0 amide bonds. The van der Waals surface area contributed by atoms with Crippen LogP contribution in [-0.2, 0) is 13.0 Å². The van der Waals surface area contributed by atoms with Crippen LogP contribution in [0.15, 0.2) is 42.5 Å². The molecule has 4 aromatic rings. The first-order valence-electron chi connectivity index (χ1n) is 12.8. The molecule has 3 aromatic carbocycles. The van der Waals surface area contributed by atoms with E-state index in [4.69, 9.17) is 0 Å². The molecule has 0 spiro atoms. The van der Waals surface area contributed by atoms with Gasteiger partial charge in [0.05, 0.1) is 11.2 Å². The van der Waals surface area contributed by atoms with E-state index >= 15 is 4.39 Å². The third-order valence-electron chi connectivity index (χ3n) is 7.90. The first kappa shape index (κ1) is 22.4. The Hall–Kier alpha value is -3.02. The van der Waals surface area contributed by atoms with Gasteiger partial charge in [-0.05, 0) is 110 Å². The standard InChI is InChI=1S/C30H33FN4/c1-18-12-22(14-23-17-35(3)11-9-24(18)23)30-25-15-20(7-8-28(25)33-34-30)29-19(2)13-21(16-26(29)31)27-6-4-5-10-32-27/h7-8,12-16,27,32H,4-6,9-11,17H2,1-3H3,(H,33,34). The molecule has 0 radical (unpaired) electrons. The van der Waals surface area contributed by atoms with E-state index in [1.807, 2.05) is 19.1 Å². The van der Waals surface area contributed by atoms with Gasteiger partial charge in [0.1, 0.15) is 5.82 Å². The molecule has 180 valence electrons. The van der Waals surface area contributed by atoms with Crippen LogP contribution in [0.25, 0.3) is 33.3 Å². The summed E-state index contributed by atoms with van der Waals surface area (Å²) in [5.74, 6) is -0.149. The zero-order valence-corrected chi connectivity index (χ0v) is 20.8. The zero-order chi connectivity index (χ0) is 24.1. The first-order chi connectivity index (χ1) is 17.0. The lowest BCUT2D eigenvalue weighted by molar-refractivity contribution is 0.312. The molecule has 3 heterocycles. The topological polar surface area (TPSA) is 44.0 Å². The molecule has 2 aliphatic rings. The van der Waals surface area contributed by atoms with Crippen LogP contribution in [-0.4, -0.2) is 35.2 Å². The molecule has 1 atom stereocenters. The monoisotopic (exact) mass is 468 g/mol. The molecular weight excluding hydrogens is 435 g/mol. The molecule has 5 heteroatoms. The van der Waals surface area contributed by atoms with Crippen molar-refractivity contribution in [2.24, 2.45) is 0 Å². The van der Waals surface area contributed by atoms with Gasteiger partial charge < -0.3 is 10.2 Å². The molecule has 6 rings (SSSR count). The maximum absolute atomic E-state index is 15.5. The number of halogens is 1. The number of aromatic amines is 1. The van der Waals surface area contributed by atoms with Gasteiger partial charge in [0, 0.05) is 35.6 Å². The van der Waals surface area contributed by atoms with Crippen molar-refractivity contribution in [1.29, 1.82) is 0 Å². The number of hydrogen-bond donors (Lipinski definition) is 2. The van der Waals surface area contributed by atoms with Crippen molar-refractivity contribution in [2.75, 3.05) is 20.1 Å². The molecule has 2 aliphatic heterocycles. The Morgan fingerprint density at radius 2 is 1.89 bits per heavy atom. The Balaban J connectivity index is 1.42. The number of nitrogens with zero attached hydrogens (tertiary/aromatic N) is 2. The Morgan fingerprint density at radius 1 is 1.00 bits per heavy atom. The molecule has 35 heavy (non-hydrogen) atoms. The highest BCUT2D eigenvalue weighted by Gasteiger charge is 2.21. The maximum Gasteiger partial charge on any atom is 0.131 e. The Labute approximate surface area is 206 Å². The second-order valence-corrected chi connectivity index (χ2v) is 10.4. The van der Waals surface area contributed by atoms with Crippen molar-refractivity contribution in [3.63, 3.8) is 0 Å². The predicted molar refractivity (Wildman–Crippen MR) is 141 cm³/mol. The highest BCUT2D eigenvalue weighted by atomic mass is 19.1. The van der Waals surface area contributed by atoms with Gasteiger partial charge in [-0.1, -0.05) is 18.6 Å². The predicted octanol–water partition coefficient (Wildman–Crippen LogP) is 6.46. The van der Waals surface area contributed by atoms with Crippen LogP contribution in [0.1, 0.15) is 53.1 Å². The summed E-state index contributed by atoms with van der Waals surface area (Å²) >= 11 is 0. The quantitative estimate of drug-likeness (QED) is 0.363. The van der Waals surface area contributed by atoms with E-state index < -0.39 is 0 Å². The van der Waals surface area contributed by atoms with Crippen molar-refractivity contribution >= 4 is 10.9 Å². The molecule has 1 saturated heterocycles. The summed E-state index contributed by atoms with van der Waals surface area (Å²) in [4.78, 5) is 2.37. The second kappa shape index (κ2) is 8.89. The number of aromatic nitrogens is 2. The van der Waals surface area contributed by atoms with E-state index in [0.29, 0.717) is 5.56 Å². The maximum atomic E-state index is 15.5. The Kier molecular flexibility index (Phi) is 5.70. The number of hydrogen-bond acceptors (Lipinski definition) is 3. The summed E-state index contributed by atoms with van der Waals surface area (Å²) in [6.07, 6.45) is 4.55. The van der Waals surface area contributed by atoms with Gasteiger partial charge in [-0.15, -0.1) is 0 Å². The van der Waals surface area contributed by atoms with E-state index in [1.54, 1.807) is 6.07 Å². The summed E-state index contributed by atoms with van der Waals surface area (Å²) in [6, 6.07) is 14.8. The van der Waals surface area contributed by atoms with Crippen molar-refractivity contribution < 1.29 is 4.39 Å². The van der Waals surface area contributed by atoms with Gasteiger partial charge in [0.25, 0.3) is 0 Å². The normalized spacial score (nSPS) is 18.7. The average molecular weight is 469 g/mol. The fourth-order valence-corrected chi connectivity index (χ4v) is 6.06. The van der Waals surface area contributed by atoms with Crippen LogP contribution in [0.5, 0.6) is 0 Å². The van der Waals surface area contributed by atoms with Gasteiger partial charge in [0.2, 0.25) is 0 Å². The highest BCUT2D eigenvalue weighted by molar-refractivity contribution is 5.96. The summed E-state index contributed by atoms with van der Waals surface area (Å²) in [7, 11) is 2.17. The lowest BCUT2D eigenvalue weighted by atomic mass is 9.90. The minimum atomic E-state index is -0.149. The number of aryl methyl sites for hydroxylation is 2. The van der Waals surface area contributed by atoms with E-state index in [9.17, 15) is 0 Å². The molecule has 0 bridgehead atoms. The van der Waals surface area contributed by atoms with Gasteiger partial charge in [-0.2, -0.15) is 5.10 Å². The smallest absolute Gasteiger partial charge is 0.131 e.